The number of aromatic nitrogens is 1. The molecule has 4 rings (SSSR count). The lowest BCUT2D eigenvalue weighted by Crippen LogP contribution is -2.49. The van der Waals surface area contributed by atoms with Crippen molar-refractivity contribution in [2.24, 2.45) is 0 Å². The number of carbonyl (C=O) groups excluding carboxylic acids is 1. The van der Waals surface area contributed by atoms with E-state index in [4.69, 9.17) is 15.2 Å². The van der Waals surface area contributed by atoms with Crippen molar-refractivity contribution >= 4 is 22.6 Å². The molecule has 6 nitrogen and oxygen atoms in total. The molecule has 0 saturated carbocycles. The molecule has 10 heteroatoms. The van der Waals surface area contributed by atoms with E-state index in [9.17, 15) is 18.0 Å². The van der Waals surface area contributed by atoms with E-state index in [1.807, 2.05) is 0 Å². The number of likely N-dealkylation sites (tertiary alicyclic amines) is 1. The minimum absolute atomic E-state index is 0.133. The predicted molar refractivity (Wildman–Crippen MR) is 106 cm³/mol. The maximum Gasteiger partial charge on any atom is 0.416 e. The van der Waals surface area contributed by atoms with Crippen LogP contribution < -0.4 is 10.5 Å². The van der Waals surface area contributed by atoms with Crippen molar-refractivity contribution in [3.63, 3.8) is 0 Å². The zero-order valence-corrected chi connectivity index (χ0v) is 17.6. The zero-order chi connectivity index (χ0) is 21.9. The van der Waals surface area contributed by atoms with E-state index in [2.05, 4.69) is 4.98 Å². The second-order valence-electron chi connectivity index (χ2n) is 8.50. The summed E-state index contributed by atoms with van der Waals surface area (Å²) in [5, 5.41) is 0.324. The first-order valence-corrected chi connectivity index (χ1v) is 10.3. The largest absolute Gasteiger partial charge is 0.481 e. The van der Waals surface area contributed by atoms with Crippen LogP contribution in [0.3, 0.4) is 0 Å². The van der Waals surface area contributed by atoms with Crippen molar-refractivity contribution in [1.29, 1.82) is 0 Å². The van der Waals surface area contributed by atoms with Gasteiger partial charge in [-0.1, -0.05) is 11.3 Å². The van der Waals surface area contributed by atoms with Crippen molar-refractivity contribution < 1.29 is 27.4 Å². The summed E-state index contributed by atoms with van der Waals surface area (Å²) in [5.41, 5.74) is 4.71. The van der Waals surface area contributed by atoms with E-state index in [-0.39, 0.29) is 5.75 Å². The Morgan fingerprint density at radius 2 is 1.93 bits per heavy atom. The highest BCUT2D eigenvalue weighted by atomic mass is 32.1. The Morgan fingerprint density at radius 3 is 2.53 bits per heavy atom. The van der Waals surface area contributed by atoms with Crippen LogP contribution in [0.4, 0.5) is 23.1 Å². The van der Waals surface area contributed by atoms with Crippen LogP contribution in [0.2, 0.25) is 0 Å². The first kappa shape index (κ1) is 20.8. The molecule has 2 N–H and O–H groups in total. The van der Waals surface area contributed by atoms with Crippen molar-refractivity contribution in [2.75, 3.05) is 18.8 Å². The summed E-state index contributed by atoms with van der Waals surface area (Å²) in [4.78, 5) is 19.1. The van der Waals surface area contributed by atoms with Gasteiger partial charge >= 0.3 is 12.3 Å². The second-order valence-corrected chi connectivity index (χ2v) is 9.53. The number of nitrogen functional groups attached to an aromatic ring is 1. The summed E-state index contributed by atoms with van der Waals surface area (Å²) in [7, 11) is 0. The SMILES string of the molecule is CC(C)(C)OC(=O)N1CCC2(CC1)Oc1cc(C(F)(F)F)ccc1-c1nc(N)sc12. The number of hydrogen-bond donors (Lipinski definition) is 1. The molecular formula is C20H22F3N3O3S. The van der Waals surface area contributed by atoms with Crippen molar-refractivity contribution in [3.8, 4) is 17.0 Å². The van der Waals surface area contributed by atoms with Gasteiger partial charge in [-0.15, -0.1) is 0 Å². The Hall–Kier alpha value is -2.49. The van der Waals surface area contributed by atoms with E-state index in [1.165, 1.54) is 17.4 Å². The number of carbonyl (C=O) groups is 1. The summed E-state index contributed by atoms with van der Waals surface area (Å²) >= 11 is 1.27. The van der Waals surface area contributed by atoms with Crippen LogP contribution in [-0.4, -0.2) is 34.7 Å². The summed E-state index contributed by atoms with van der Waals surface area (Å²) in [6.45, 7) is 6.08. The van der Waals surface area contributed by atoms with Crippen molar-refractivity contribution in [3.05, 3.63) is 28.6 Å². The van der Waals surface area contributed by atoms with Gasteiger partial charge in [0.25, 0.3) is 0 Å². The molecule has 3 heterocycles. The summed E-state index contributed by atoms with van der Waals surface area (Å²) in [6, 6.07) is 3.40. The average Bonchev–Trinajstić information content (AvgIpc) is 3.02. The summed E-state index contributed by atoms with van der Waals surface area (Å²) < 4.78 is 51.3. The van der Waals surface area contributed by atoms with Gasteiger partial charge in [-0.2, -0.15) is 13.2 Å². The number of hydrogen-bond acceptors (Lipinski definition) is 6. The molecule has 1 aromatic carbocycles. The summed E-state index contributed by atoms with van der Waals surface area (Å²) in [5.74, 6) is 0.133. The number of benzene rings is 1. The predicted octanol–water partition coefficient (Wildman–Crippen LogP) is 5.03. The molecule has 1 aromatic heterocycles. The van der Waals surface area contributed by atoms with Crippen LogP contribution in [0, 0.1) is 0 Å². The molecule has 2 aliphatic heterocycles. The lowest BCUT2D eigenvalue weighted by atomic mass is 9.85. The highest BCUT2D eigenvalue weighted by Crippen LogP contribution is 2.53. The number of alkyl halides is 3. The number of nitrogens with two attached hydrogens (primary N) is 1. The van der Waals surface area contributed by atoms with Crippen LogP contribution in [-0.2, 0) is 16.5 Å². The number of fused-ring (bicyclic) bond motifs is 4. The molecule has 0 aliphatic carbocycles. The molecule has 2 aromatic rings. The van der Waals surface area contributed by atoms with Gasteiger partial charge in [-0.3, -0.25) is 0 Å². The highest BCUT2D eigenvalue weighted by Gasteiger charge is 2.47. The molecule has 0 radical (unpaired) electrons. The average molecular weight is 441 g/mol. The third kappa shape index (κ3) is 3.68. The zero-order valence-electron chi connectivity index (χ0n) is 16.8. The Bertz CT molecular complexity index is 989. The molecule has 0 atom stereocenters. The standard InChI is InChI=1S/C20H22F3N3O3S/c1-18(2,3)29-17(27)26-8-6-19(7-9-26)15-14(25-16(24)30-15)12-5-4-11(20(21,22)23)10-13(12)28-19/h4-5,10H,6-9H2,1-3H3,(H2,24,25). The Morgan fingerprint density at radius 1 is 1.27 bits per heavy atom. The maximum atomic E-state index is 13.2. The highest BCUT2D eigenvalue weighted by molar-refractivity contribution is 7.16. The molecule has 1 amide bonds. The fourth-order valence-corrected chi connectivity index (χ4v) is 4.80. The molecule has 1 saturated heterocycles. The van der Waals surface area contributed by atoms with Gasteiger partial charge in [0.2, 0.25) is 0 Å². The number of anilines is 1. The fourth-order valence-electron chi connectivity index (χ4n) is 3.77. The molecular weight excluding hydrogens is 419 g/mol. The van der Waals surface area contributed by atoms with Crippen LogP contribution in [0.25, 0.3) is 11.3 Å². The molecule has 162 valence electrons. The third-order valence-corrected chi connectivity index (χ3v) is 6.22. The molecule has 2 aliphatic rings. The number of nitrogens with zero attached hydrogens (tertiary/aromatic N) is 2. The van der Waals surface area contributed by atoms with E-state index in [0.717, 1.165) is 17.0 Å². The third-order valence-electron chi connectivity index (χ3n) is 5.15. The lowest BCUT2D eigenvalue weighted by Gasteiger charge is -2.43. The Kier molecular flexibility index (Phi) is 4.68. The smallest absolute Gasteiger partial charge is 0.416 e. The first-order chi connectivity index (χ1) is 13.9. The molecule has 1 spiro atoms. The minimum atomic E-state index is -4.48. The van der Waals surface area contributed by atoms with Gasteiger partial charge in [0.05, 0.1) is 16.1 Å². The molecule has 30 heavy (non-hydrogen) atoms. The minimum Gasteiger partial charge on any atom is -0.481 e. The quantitative estimate of drug-likeness (QED) is 0.621. The number of thiazole rings is 1. The van der Waals surface area contributed by atoms with E-state index < -0.39 is 29.0 Å². The van der Waals surface area contributed by atoms with Gasteiger partial charge < -0.3 is 20.1 Å². The monoisotopic (exact) mass is 441 g/mol. The number of halogens is 3. The van der Waals surface area contributed by atoms with E-state index >= 15 is 0 Å². The van der Waals surface area contributed by atoms with Gasteiger partial charge in [0, 0.05) is 31.5 Å². The number of ether oxygens (including phenoxy) is 2. The molecule has 1 fully saturated rings. The van der Waals surface area contributed by atoms with Gasteiger partial charge in [-0.25, -0.2) is 9.78 Å². The normalized spacial score (nSPS) is 17.9. The topological polar surface area (TPSA) is 77.7 Å². The van der Waals surface area contributed by atoms with Gasteiger partial charge in [-0.05, 0) is 39.0 Å². The number of rotatable bonds is 0. The summed E-state index contributed by atoms with van der Waals surface area (Å²) in [6.07, 6.45) is -4.10. The van der Waals surface area contributed by atoms with E-state index in [0.29, 0.717) is 42.3 Å². The molecule has 0 unspecified atom stereocenters. The number of amides is 1. The Labute approximate surface area is 175 Å². The van der Waals surface area contributed by atoms with Crippen molar-refractivity contribution in [2.45, 2.75) is 51.0 Å². The van der Waals surface area contributed by atoms with Gasteiger partial charge in [0.15, 0.2) is 5.13 Å². The van der Waals surface area contributed by atoms with Crippen LogP contribution in [0.15, 0.2) is 18.2 Å². The first-order valence-electron chi connectivity index (χ1n) is 9.53. The Balaban J connectivity index is 1.65. The second kappa shape index (κ2) is 6.76. The van der Waals surface area contributed by atoms with Crippen molar-refractivity contribution in [1.82, 2.24) is 9.88 Å². The molecule has 0 bridgehead atoms. The number of piperidine rings is 1. The lowest BCUT2D eigenvalue weighted by molar-refractivity contribution is -0.137. The fraction of sp³-hybridized carbons (Fsp3) is 0.500. The van der Waals surface area contributed by atoms with Crippen LogP contribution >= 0.6 is 11.3 Å². The van der Waals surface area contributed by atoms with Gasteiger partial charge in [0.1, 0.15) is 17.0 Å². The van der Waals surface area contributed by atoms with Crippen LogP contribution in [0.1, 0.15) is 44.1 Å². The maximum absolute atomic E-state index is 13.2. The van der Waals surface area contributed by atoms with E-state index in [1.54, 1.807) is 25.7 Å². The van der Waals surface area contributed by atoms with Crippen LogP contribution in [0.5, 0.6) is 5.75 Å².